The number of aryl methyl sites for hydroxylation is 2. The third-order valence-corrected chi connectivity index (χ3v) is 3.94. The number of nitrogens with zero attached hydrogens (tertiary/aromatic N) is 1. The molecule has 0 saturated heterocycles. The maximum absolute atomic E-state index is 9.24. The summed E-state index contributed by atoms with van der Waals surface area (Å²) in [6, 6.07) is 0. The Labute approximate surface area is 95.6 Å². The third-order valence-electron chi connectivity index (χ3n) is 2.87. The van der Waals surface area contributed by atoms with Crippen molar-refractivity contribution in [1.29, 1.82) is 0 Å². The van der Waals surface area contributed by atoms with Gasteiger partial charge in [-0.2, -0.15) is 0 Å². The number of aromatic nitrogens is 1. The minimum Gasteiger partial charge on any atom is -0.394 e. The standard InChI is InChI=1S/C11H20N2OS/c1-5-11(4,7-14)12-6-10-13-8(2)9(3)15-10/h12,14H,5-7H2,1-4H3. The first-order valence-electron chi connectivity index (χ1n) is 5.29. The molecule has 0 bridgehead atoms. The number of nitrogens with one attached hydrogen (secondary N) is 1. The smallest absolute Gasteiger partial charge is 0.107 e. The summed E-state index contributed by atoms with van der Waals surface area (Å²) in [6.45, 7) is 9.11. The molecule has 1 rings (SSSR count). The first kappa shape index (κ1) is 12.6. The maximum atomic E-state index is 9.24. The number of thiazole rings is 1. The largest absolute Gasteiger partial charge is 0.394 e. The molecule has 0 amide bonds. The van der Waals surface area contributed by atoms with Crippen LogP contribution in [-0.4, -0.2) is 22.2 Å². The lowest BCUT2D eigenvalue weighted by atomic mass is 10.0. The van der Waals surface area contributed by atoms with E-state index in [1.54, 1.807) is 11.3 Å². The number of hydrogen-bond acceptors (Lipinski definition) is 4. The molecule has 1 unspecified atom stereocenters. The van der Waals surface area contributed by atoms with Gasteiger partial charge in [0.25, 0.3) is 0 Å². The van der Waals surface area contributed by atoms with Crippen LogP contribution in [0, 0.1) is 13.8 Å². The summed E-state index contributed by atoms with van der Waals surface area (Å²) in [6.07, 6.45) is 0.910. The maximum Gasteiger partial charge on any atom is 0.107 e. The summed E-state index contributed by atoms with van der Waals surface area (Å²) >= 11 is 1.72. The highest BCUT2D eigenvalue weighted by Gasteiger charge is 2.20. The molecule has 0 aliphatic carbocycles. The van der Waals surface area contributed by atoms with Crippen LogP contribution in [0.4, 0.5) is 0 Å². The van der Waals surface area contributed by atoms with Gasteiger partial charge in [-0.25, -0.2) is 4.98 Å². The molecule has 4 heteroatoms. The summed E-state index contributed by atoms with van der Waals surface area (Å²) in [5.74, 6) is 0. The van der Waals surface area contributed by atoms with Gasteiger partial charge in [-0.15, -0.1) is 11.3 Å². The lowest BCUT2D eigenvalue weighted by Crippen LogP contribution is -2.44. The molecule has 1 atom stereocenters. The van der Waals surface area contributed by atoms with Crippen LogP contribution in [0.15, 0.2) is 0 Å². The van der Waals surface area contributed by atoms with Crippen LogP contribution in [0.5, 0.6) is 0 Å². The Morgan fingerprint density at radius 3 is 2.53 bits per heavy atom. The van der Waals surface area contributed by atoms with E-state index in [2.05, 4.69) is 24.1 Å². The second-order valence-electron chi connectivity index (χ2n) is 4.18. The van der Waals surface area contributed by atoms with Crippen molar-refractivity contribution in [2.24, 2.45) is 0 Å². The van der Waals surface area contributed by atoms with Gasteiger partial charge in [-0.1, -0.05) is 6.92 Å². The van der Waals surface area contributed by atoms with Crippen LogP contribution in [-0.2, 0) is 6.54 Å². The molecule has 0 fully saturated rings. The molecular weight excluding hydrogens is 208 g/mol. The first-order chi connectivity index (χ1) is 7.00. The van der Waals surface area contributed by atoms with Crippen molar-refractivity contribution in [2.45, 2.75) is 46.2 Å². The molecule has 0 spiro atoms. The summed E-state index contributed by atoms with van der Waals surface area (Å²) in [4.78, 5) is 5.73. The fourth-order valence-electron chi connectivity index (χ4n) is 1.20. The van der Waals surface area contributed by atoms with Crippen molar-refractivity contribution < 1.29 is 5.11 Å². The third kappa shape index (κ3) is 3.26. The normalized spacial score (nSPS) is 15.3. The average Bonchev–Trinajstić information content (AvgIpc) is 2.55. The van der Waals surface area contributed by atoms with Crippen LogP contribution in [0.2, 0.25) is 0 Å². The molecule has 0 radical (unpaired) electrons. The number of aliphatic hydroxyl groups is 1. The van der Waals surface area contributed by atoms with Gasteiger partial charge in [0.15, 0.2) is 0 Å². The van der Waals surface area contributed by atoms with E-state index < -0.39 is 0 Å². The Morgan fingerprint density at radius 2 is 2.13 bits per heavy atom. The zero-order chi connectivity index (χ0) is 11.5. The minimum absolute atomic E-state index is 0.160. The molecule has 0 aromatic carbocycles. The molecule has 3 nitrogen and oxygen atoms in total. The van der Waals surface area contributed by atoms with Crippen LogP contribution in [0.1, 0.15) is 35.8 Å². The Hall–Kier alpha value is -0.450. The molecule has 1 heterocycles. The lowest BCUT2D eigenvalue weighted by Gasteiger charge is -2.26. The molecule has 1 aromatic heterocycles. The van der Waals surface area contributed by atoms with E-state index in [1.807, 2.05) is 13.8 Å². The molecule has 1 aromatic rings. The van der Waals surface area contributed by atoms with E-state index in [0.29, 0.717) is 0 Å². The van der Waals surface area contributed by atoms with Gasteiger partial charge in [0.1, 0.15) is 5.01 Å². The lowest BCUT2D eigenvalue weighted by molar-refractivity contribution is 0.169. The van der Waals surface area contributed by atoms with Crippen molar-refractivity contribution in [3.63, 3.8) is 0 Å². The first-order valence-corrected chi connectivity index (χ1v) is 6.11. The predicted molar refractivity (Wildman–Crippen MR) is 64.2 cm³/mol. The second kappa shape index (κ2) is 5.05. The quantitative estimate of drug-likeness (QED) is 0.810. The Morgan fingerprint density at radius 1 is 1.47 bits per heavy atom. The van der Waals surface area contributed by atoms with Crippen LogP contribution >= 0.6 is 11.3 Å². The van der Waals surface area contributed by atoms with Crippen LogP contribution in [0.25, 0.3) is 0 Å². The zero-order valence-electron chi connectivity index (χ0n) is 9.92. The van der Waals surface area contributed by atoms with Gasteiger partial charge < -0.3 is 10.4 Å². The molecule has 15 heavy (non-hydrogen) atoms. The molecule has 0 aliphatic rings. The second-order valence-corrected chi connectivity index (χ2v) is 5.46. The molecular formula is C11H20N2OS. The van der Waals surface area contributed by atoms with Gasteiger partial charge in [-0.3, -0.25) is 0 Å². The van der Waals surface area contributed by atoms with E-state index in [4.69, 9.17) is 0 Å². The van der Waals surface area contributed by atoms with Gasteiger partial charge in [0.2, 0.25) is 0 Å². The highest BCUT2D eigenvalue weighted by molar-refractivity contribution is 7.11. The van der Waals surface area contributed by atoms with Crippen molar-refractivity contribution in [3.05, 3.63) is 15.6 Å². The average molecular weight is 228 g/mol. The number of aliphatic hydroxyl groups excluding tert-OH is 1. The van der Waals surface area contributed by atoms with E-state index >= 15 is 0 Å². The van der Waals surface area contributed by atoms with E-state index in [1.165, 1.54) is 4.88 Å². The molecule has 0 aliphatic heterocycles. The van der Waals surface area contributed by atoms with Crippen molar-refractivity contribution >= 4 is 11.3 Å². The van der Waals surface area contributed by atoms with Crippen LogP contribution in [0.3, 0.4) is 0 Å². The Balaban J connectivity index is 2.56. The van der Waals surface area contributed by atoms with Gasteiger partial charge in [0.05, 0.1) is 12.3 Å². The van der Waals surface area contributed by atoms with Crippen molar-refractivity contribution in [3.8, 4) is 0 Å². The van der Waals surface area contributed by atoms with Gasteiger partial charge >= 0.3 is 0 Å². The fourth-order valence-corrected chi connectivity index (χ4v) is 2.07. The highest BCUT2D eigenvalue weighted by atomic mass is 32.1. The topological polar surface area (TPSA) is 45.1 Å². The molecule has 0 saturated carbocycles. The van der Waals surface area contributed by atoms with Gasteiger partial charge in [-0.05, 0) is 27.2 Å². The van der Waals surface area contributed by atoms with E-state index in [-0.39, 0.29) is 12.1 Å². The fraction of sp³-hybridized carbons (Fsp3) is 0.727. The molecule has 86 valence electrons. The van der Waals surface area contributed by atoms with E-state index in [9.17, 15) is 5.11 Å². The monoisotopic (exact) mass is 228 g/mol. The summed E-state index contributed by atoms with van der Waals surface area (Å²) in [5, 5.41) is 13.7. The Kier molecular flexibility index (Phi) is 4.25. The Bertz CT molecular complexity index is 299. The van der Waals surface area contributed by atoms with Crippen molar-refractivity contribution in [1.82, 2.24) is 10.3 Å². The zero-order valence-corrected chi connectivity index (χ0v) is 10.7. The minimum atomic E-state index is -0.187. The van der Waals surface area contributed by atoms with Crippen molar-refractivity contribution in [2.75, 3.05) is 6.61 Å². The summed E-state index contributed by atoms with van der Waals surface area (Å²) in [7, 11) is 0. The highest BCUT2D eigenvalue weighted by Crippen LogP contribution is 2.17. The predicted octanol–water partition coefficient (Wildman–Crippen LogP) is 2.01. The number of rotatable bonds is 5. The number of hydrogen-bond donors (Lipinski definition) is 2. The molecule has 2 N–H and O–H groups in total. The van der Waals surface area contributed by atoms with Gasteiger partial charge in [0, 0.05) is 17.0 Å². The van der Waals surface area contributed by atoms with Crippen LogP contribution < -0.4 is 5.32 Å². The SMILES string of the molecule is CCC(C)(CO)NCc1nc(C)c(C)s1. The van der Waals surface area contributed by atoms with E-state index in [0.717, 1.165) is 23.7 Å². The summed E-state index contributed by atoms with van der Waals surface area (Å²) < 4.78 is 0. The summed E-state index contributed by atoms with van der Waals surface area (Å²) in [5.41, 5.74) is 0.923.